The molecule has 56 valence electrons. The zero-order valence-electron chi connectivity index (χ0n) is 7.03. The van der Waals surface area contributed by atoms with Gasteiger partial charge in [0, 0.05) is 13.1 Å². The van der Waals surface area contributed by atoms with Gasteiger partial charge in [-0.15, -0.1) is 0 Å². The fourth-order valence-corrected chi connectivity index (χ4v) is 0.654. The van der Waals surface area contributed by atoms with E-state index in [0.29, 0.717) is 0 Å². The topological polar surface area (TPSA) is 20.3 Å². The van der Waals surface area contributed by atoms with Crippen LogP contribution in [0.4, 0.5) is 0 Å². The molecule has 1 amide bonds. The molecule has 0 aromatic carbocycles. The second-order valence-corrected chi connectivity index (χ2v) is 2.35. The van der Waals surface area contributed by atoms with Crippen molar-refractivity contribution < 1.29 is 4.79 Å². The van der Waals surface area contributed by atoms with Gasteiger partial charge in [-0.1, -0.05) is 17.9 Å². The molecule has 0 spiro atoms. The molecule has 0 aromatic heterocycles. The van der Waals surface area contributed by atoms with Gasteiger partial charge in [0.25, 0.3) is 0 Å². The highest BCUT2D eigenvalue weighted by Crippen LogP contribution is 2.03. The Morgan fingerprint density at radius 1 is 1.50 bits per heavy atom. The lowest BCUT2D eigenvalue weighted by molar-refractivity contribution is -0.126. The quantitative estimate of drug-likeness (QED) is 0.402. The molecule has 0 aromatic rings. The Morgan fingerprint density at radius 2 is 2.00 bits per heavy atom. The summed E-state index contributed by atoms with van der Waals surface area (Å²) >= 11 is 0. The summed E-state index contributed by atoms with van der Waals surface area (Å²) in [6.07, 6.45) is 4.37. The van der Waals surface area contributed by atoms with Crippen LogP contribution in [0.2, 0.25) is 0 Å². The first-order valence-electron chi connectivity index (χ1n) is 3.35. The minimum absolute atomic E-state index is 0.333. The third-order valence-corrected chi connectivity index (χ3v) is 1.13. The summed E-state index contributed by atoms with van der Waals surface area (Å²) in [5, 5.41) is -1.66. The first kappa shape index (κ1) is 11.1. The van der Waals surface area contributed by atoms with Gasteiger partial charge in [0.1, 0.15) is 0 Å². The van der Waals surface area contributed by atoms with Gasteiger partial charge < -0.3 is 4.90 Å². The largest absolute Gasteiger partial charge is 0.339 e. The number of nitrogens with zero attached hydrogens (tertiary/aromatic N) is 1. The van der Waals surface area contributed by atoms with Gasteiger partial charge in [0.2, 0.25) is 5.91 Å². The number of carbonyl (C=O) groups excluding carboxylic acids is 1. The lowest BCUT2D eigenvalue weighted by Crippen LogP contribution is -2.49. The Hall–Kier alpha value is -0.855. The van der Waals surface area contributed by atoms with Crippen LogP contribution < -0.4 is 0 Å². The molecule has 0 N–H and O–H groups in total. The van der Waals surface area contributed by atoms with Crippen molar-refractivity contribution in [2.75, 3.05) is 0 Å². The summed E-state index contributed by atoms with van der Waals surface area (Å²) in [6.45, 7) is 4.74. The minimum atomic E-state index is -1.66. The second kappa shape index (κ2) is 4.24. The third-order valence-electron chi connectivity index (χ3n) is 1.13. The molecule has 12 heavy (non-hydrogen) atoms. The van der Waals surface area contributed by atoms with Crippen LogP contribution in [-0.2, 0) is 4.79 Å². The Bertz CT molecular complexity index is 207. The van der Waals surface area contributed by atoms with E-state index in [2.05, 4.69) is 6.58 Å². The summed E-state index contributed by atoms with van der Waals surface area (Å²) in [7, 11) is 15.9. The third kappa shape index (κ3) is 3.51. The van der Waals surface area contributed by atoms with E-state index >= 15 is 0 Å². The molecule has 0 unspecified atom stereocenters. The molecule has 0 heterocycles. The van der Waals surface area contributed by atoms with Gasteiger partial charge in [0.05, 0.1) is 23.5 Å². The summed E-state index contributed by atoms with van der Waals surface area (Å²) in [5.41, 5.74) is 0. The smallest absolute Gasteiger partial charge is 0.221 e. The number of hydrogen-bond donors (Lipinski definition) is 0. The normalized spacial score (nSPS) is 11.4. The molecule has 0 rings (SSSR count). The Balaban J connectivity index is 4.56. The van der Waals surface area contributed by atoms with Crippen LogP contribution in [-0.4, -0.2) is 39.6 Å². The van der Waals surface area contributed by atoms with Crippen molar-refractivity contribution in [2.45, 2.75) is 12.2 Å². The predicted molar refractivity (Wildman–Crippen MR) is 51.9 cm³/mol. The predicted octanol–water partition coefficient (Wildman–Crippen LogP) is -0.349. The fourth-order valence-electron chi connectivity index (χ4n) is 0.654. The van der Waals surface area contributed by atoms with Gasteiger partial charge in [-0.2, -0.15) is 0 Å². The zero-order valence-corrected chi connectivity index (χ0v) is 7.03. The van der Waals surface area contributed by atoms with Gasteiger partial charge in [0.15, 0.2) is 0 Å². The molecule has 6 radical (unpaired) electrons. The van der Waals surface area contributed by atoms with Crippen LogP contribution in [0, 0.1) is 0 Å². The molecule has 0 atom stereocenters. The Kier molecular flexibility index (Phi) is 3.94. The van der Waals surface area contributed by atoms with Gasteiger partial charge in [-0.3, -0.25) is 4.79 Å². The average molecular weight is 155 g/mol. The molecular weight excluding hydrogens is 147 g/mol. The molecule has 0 saturated carbocycles. The second-order valence-electron chi connectivity index (χ2n) is 2.35. The van der Waals surface area contributed by atoms with E-state index < -0.39 is 5.24 Å². The lowest BCUT2D eigenvalue weighted by atomic mass is 9.48. The summed E-state index contributed by atoms with van der Waals surface area (Å²) in [4.78, 5) is 11.9. The first-order valence-corrected chi connectivity index (χ1v) is 3.35. The highest BCUT2D eigenvalue weighted by Gasteiger charge is 2.19. The van der Waals surface area contributed by atoms with Crippen LogP contribution in [0.15, 0.2) is 24.9 Å². The molecule has 5 heteroatoms. The molecule has 0 fully saturated rings. The van der Waals surface area contributed by atoms with Crippen LogP contribution in [0.3, 0.4) is 0 Å². The standard InChI is InChI=1S/C7H8B3NO/c1-3-4-5-11(6(2)12)7(8,9)10/h3-5H,1H2,2H3/b5-4-. The molecule has 2 nitrogen and oxygen atoms in total. The Labute approximate surface area is 76.9 Å². The van der Waals surface area contributed by atoms with Gasteiger partial charge in [-0.25, -0.2) is 0 Å². The molecule has 0 saturated heterocycles. The van der Waals surface area contributed by atoms with Crippen molar-refractivity contribution in [3.05, 3.63) is 24.9 Å². The fraction of sp³-hybridized carbons (Fsp3) is 0.286. The van der Waals surface area contributed by atoms with Crippen molar-refractivity contribution in [1.82, 2.24) is 4.90 Å². The molecule has 0 aliphatic heterocycles. The van der Waals surface area contributed by atoms with Crippen LogP contribution >= 0.6 is 0 Å². The van der Waals surface area contributed by atoms with E-state index in [4.69, 9.17) is 23.5 Å². The monoisotopic (exact) mass is 155 g/mol. The molecule has 0 aliphatic carbocycles. The van der Waals surface area contributed by atoms with E-state index in [-0.39, 0.29) is 5.91 Å². The zero-order chi connectivity index (χ0) is 9.78. The summed E-state index contributed by atoms with van der Waals surface area (Å²) < 4.78 is 0. The molecular formula is C7H8B3NO. The maximum absolute atomic E-state index is 10.9. The molecule has 0 aliphatic rings. The van der Waals surface area contributed by atoms with Gasteiger partial charge in [-0.05, 0) is 6.08 Å². The summed E-state index contributed by atoms with van der Waals surface area (Å²) in [5.74, 6) is -0.333. The van der Waals surface area contributed by atoms with Crippen LogP contribution in [0.1, 0.15) is 6.92 Å². The van der Waals surface area contributed by atoms with Gasteiger partial charge >= 0.3 is 0 Å². The Morgan fingerprint density at radius 3 is 2.25 bits per heavy atom. The van der Waals surface area contributed by atoms with E-state index in [9.17, 15) is 4.79 Å². The van der Waals surface area contributed by atoms with E-state index in [1.165, 1.54) is 25.3 Å². The van der Waals surface area contributed by atoms with Crippen molar-refractivity contribution in [3.63, 3.8) is 0 Å². The number of rotatable bonds is 3. The number of carbonyl (C=O) groups is 1. The minimum Gasteiger partial charge on any atom is -0.339 e. The maximum Gasteiger partial charge on any atom is 0.221 e. The SMILES string of the molecule is [B]C([B])([B])N(/C=C\C=C)C(C)=O. The van der Waals surface area contributed by atoms with Crippen LogP contribution in [0.25, 0.3) is 0 Å². The first-order chi connectivity index (χ1) is 5.39. The van der Waals surface area contributed by atoms with Crippen molar-refractivity contribution >= 4 is 29.4 Å². The maximum atomic E-state index is 10.9. The van der Waals surface area contributed by atoms with Crippen LogP contribution in [0.5, 0.6) is 0 Å². The van der Waals surface area contributed by atoms with E-state index in [0.717, 1.165) is 4.90 Å². The van der Waals surface area contributed by atoms with E-state index in [1.807, 2.05) is 0 Å². The van der Waals surface area contributed by atoms with Crippen molar-refractivity contribution in [2.24, 2.45) is 0 Å². The van der Waals surface area contributed by atoms with Crippen molar-refractivity contribution in [1.29, 1.82) is 0 Å². The number of allylic oxidation sites excluding steroid dienone is 2. The highest BCUT2D eigenvalue weighted by molar-refractivity contribution is 6.59. The molecule has 0 bridgehead atoms. The highest BCUT2D eigenvalue weighted by atomic mass is 16.2. The van der Waals surface area contributed by atoms with Crippen molar-refractivity contribution in [3.8, 4) is 0 Å². The lowest BCUT2D eigenvalue weighted by Gasteiger charge is -2.33. The number of hydrogen-bond acceptors (Lipinski definition) is 1. The van der Waals surface area contributed by atoms with E-state index in [1.54, 1.807) is 0 Å². The average Bonchev–Trinajstić information content (AvgIpc) is 1.84. The summed E-state index contributed by atoms with van der Waals surface area (Å²) in [6, 6.07) is 0. The number of amides is 1.